The van der Waals surface area contributed by atoms with Crippen LogP contribution < -0.4 is 9.03 Å². The molecule has 1 aromatic heterocycles. The Labute approximate surface area is 139 Å². The Hall–Kier alpha value is -2.17. The Morgan fingerprint density at radius 2 is 1.88 bits per heavy atom. The van der Waals surface area contributed by atoms with Gasteiger partial charge < -0.3 is 4.42 Å². The third-order valence-electron chi connectivity index (χ3n) is 3.48. The first-order valence-electron chi connectivity index (χ1n) is 6.97. The van der Waals surface area contributed by atoms with E-state index in [1.165, 1.54) is 30.5 Å². The van der Waals surface area contributed by atoms with Gasteiger partial charge >= 0.3 is 0 Å². The zero-order chi connectivity index (χ0) is 17.4. The minimum Gasteiger partial charge on any atom is -0.468 e. The summed E-state index contributed by atoms with van der Waals surface area (Å²) < 4.78 is 56.2. The predicted octanol–water partition coefficient (Wildman–Crippen LogP) is 0.825. The first-order valence-corrected chi connectivity index (χ1v) is 10.1. The largest absolute Gasteiger partial charge is 0.468 e. The number of carbonyl (C=O) groups is 1. The normalized spacial score (nSPS) is 17.3. The summed E-state index contributed by atoms with van der Waals surface area (Å²) in [5.41, 5.74) is 0.127. The van der Waals surface area contributed by atoms with E-state index in [1.807, 2.05) is 0 Å². The van der Waals surface area contributed by atoms with Gasteiger partial charge in [0.15, 0.2) is 0 Å². The molecule has 0 aliphatic carbocycles. The van der Waals surface area contributed by atoms with E-state index in [4.69, 9.17) is 4.42 Å². The number of nitrogens with one attached hydrogen (secondary N) is 1. The molecule has 0 atom stereocenters. The van der Waals surface area contributed by atoms with E-state index in [0.717, 1.165) is 0 Å². The molecule has 3 rings (SSSR count). The molecule has 10 heteroatoms. The molecule has 1 amide bonds. The number of anilines is 1. The van der Waals surface area contributed by atoms with E-state index in [0.29, 0.717) is 10.1 Å². The second kappa shape index (κ2) is 6.04. The average Bonchev–Trinajstić information content (AvgIpc) is 3.14. The second-order valence-corrected chi connectivity index (χ2v) is 8.83. The van der Waals surface area contributed by atoms with Crippen LogP contribution in [-0.2, 0) is 31.4 Å². The molecular weight excluding hydrogens is 356 g/mol. The first-order chi connectivity index (χ1) is 11.3. The summed E-state index contributed by atoms with van der Waals surface area (Å²) in [6.07, 6.45) is 1.36. The van der Waals surface area contributed by atoms with Gasteiger partial charge in [0.2, 0.25) is 26.0 Å². The van der Waals surface area contributed by atoms with Crippen molar-refractivity contribution in [3.63, 3.8) is 0 Å². The van der Waals surface area contributed by atoms with Crippen LogP contribution in [-0.4, -0.2) is 28.5 Å². The van der Waals surface area contributed by atoms with Crippen LogP contribution in [0.5, 0.6) is 0 Å². The Balaban J connectivity index is 1.80. The van der Waals surface area contributed by atoms with Gasteiger partial charge in [0, 0.05) is 6.42 Å². The van der Waals surface area contributed by atoms with Crippen molar-refractivity contribution in [1.29, 1.82) is 0 Å². The van der Waals surface area contributed by atoms with Crippen molar-refractivity contribution in [2.75, 3.05) is 10.1 Å². The Morgan fingerprint density at radius 1 is 1.17 bits per heavy atom. The summed E-state index contributed by atoms with van der Waals surface area (Å²) in [7, 11) is -7.45. The Morgan fingerprint density at radius 3 is 2.42 bits per heavy atom. The number of amides is 1. The molecule has 0 radical (unpaired) electrons. The zero-order valence-corrected chi connectivity index (χ0v) is 14.0. The Kier molecular flexibility index (Phi) is 4.20. The molecular formula is C14H14N2O6S2. The maximum Gasteiger partial charge on any atom is 0.242 e. The fourth-order valence-electron chi connectivity index (χ4n) is 2.29. The summed E-state index contributed by atoms with van der Waals surface area (Å²) in [5.74, 6) is -0.304. The van der Waals surface area contributed by atoms with E-state index < -0.39 is 26.0 Å². The highest BCUT2D eigenvalue weighted by atomic mass is 32.2. The highest BCUT2D eigenvalue weighted by Gasteiger charge is 2.36. The van der Waals surface area contributed by atoms with Gasteiger partial charge in [0.05, 0.1) is 29.1 Å². The molecule has 1 aliphatic rings. The Bertz CT molecular complexity index is 947. The van der Waals surface area contributed by atoms with Crippen molar-refractivity contribution < 1.29 is 26.0 Å². The van der Waals surface area contributed by atoms with Crippen molar-refractivity contribution in [2.45, 2.75) is 17.9 Å². The van der Waals surface area contributed by atoms with Gasteiger partial charge in [-0.05, 0) is 36.4 Å². The van der Waals surface area contributed by atoms with E-state index in [1.54, 1.807) is 12.1 Å². The number of carbonyl (C=O) groups excluding carboxylic acids is 1. The van der Waals surface area contributed by atoms with Crippen LogP contribution in [0.2, 0.25) is 0 Å². The van der Waals surface area contributed by atoms with E-state index in [-0.39, 0.29) is 29.3 Å². The topological polar surface area (TPSA) is 114 Å². The van der Waals surface area contributed by atoms with Crippen molar-refractivity contribution >= 4 is 31.6 Å². The number of rotatable bonds is 5. The lowest BCUT2D eigenvalue weighted by Gasteiger charge is -2.15. The molecule has 1 fully saturated rings. The first kappa shape index (κ1) is 16.7. The fraction of sp³-hybridized carbons (Fsp3) is 0.214. The molecule has 1 N–H and O–H groups in total. The molecule has 1 aliphatic heterocycles. The number of sulfonamides is 2. The number of hydrogen-bond acceptors (Lipinski definition) is 6. The number of furan rings is 1. The maximum atomic E-state index is 12.2. The highest BCUT2D eigenvalue weighted by molar-refractivity contribution is 7.94. The van der Waals surface area contributed by atoms with E-state index in [2.05, 4.69) is 4.72 Å². The molecule has 2 heterocycles. The van der Waals surface area contributed by atoms with Gasteiger partial charge in [-0.1, -0.05) is 0 Å². The van der Waals surface area contributed by atoms with E-state index >= 15 is 0 Å². The standard InChI is InChI=1S/C14H14N2O6S2/c17-14-7-9-23(18,19)16(14)11-3-5-13(6-4-11)24(20,21)15-10-12-2-1-8-22-12/h1-6,8,15H,7,9-10H2. The van der Waals surface area contributed by atoms with Crippen molar-refractivity contribution in [1.82, 2.24) is 4.72 Å². The number of nitrogens with zero attached hydrogens (tertiary/aromatic N) is 1. The lowest BCUT2D eigenvalue weighted by molar-refractivity contribution is -0.116. The van der Waals surface area contributed by atoms with Crippen LogP contribution >= 0.6 is 0 Å². The molecule has 8 nitrogen and oxygen atoms in total. The van der Waals surface area contributed by atoms with Crippen molar-refractivity contribution in [2.24, 2.45) is 0 Å². The van der Waals surface area contributed by atoms with Crippen LogP contribution in [0.3, 0.4) is 0 Å². The molecule has 1 saturated heterocycles. The molecule has 1 aromatic carbocycles. The summed E-state index contributed by atoms with van der Waals surface area (Å²) in [6.45, 7) is -0.00389. The fourth-order valence-corrected chi connectivity index (χ4v) is 4.75. The third kappa shape index (κ3) is 3.21. The molecule has 0 unspecified atom stereocenters. The average molecular weight is 370 g/mol. The van der Waals surface area contributed by atoms with Crippen LogP contribution in [0.15, 0.2) is 52.0 Å². The lowest BCUT2D eigenvalue weighted by atomic mass is 10.3. The summed E-state index contributed by atoms with van der Waals surface area (Å²) in [6, 6.07) is 8.37. The minimum absolute atomic E-state index is 0.00389. The molecule has 0 saturated carbocycles. The zero-order valence-electron chi connectivity index (χ0n) is 12.4. The summed E-state index contributed by atoms with van der Waals surface area (Å²) in [5, 5.41) is 0. The molecule has 128 valence electrons. The molecule has 24 heavy (non-hydrogen) atoms. The van der Waals surface area contributed by atoms with Gasteiger partial charge in [-0.15, -0.1) is 0 Å². The second-order valence-electron chi connectivity index (χ2n) is 5.12. The number of hydrogen-bond donors (Lipinski definition) is 1. The summed E-state index contributed by atoms with van der Waals surface area (Å²) in [4.78, 5) is 11.7. The van der Waals surface area contributed by atoms with Crippen molar-refractivity contribution in [3.05, 3.63) is 48.4 Å². The lowest BCUT2D eigenvalue weighted by Crippen LogP contribution is -2.29. The molecule has 2 aromatic rings. The smallest absolute Gasteiger partial charge is 0.242 e. The molecule has 0 bridgehead atoms. The SMILES string of the molecule is O=C1CCS(=O)(=O)N1c1ccc(S(=O)(=O)NCc2ccco2)cc1. The van der Waals surface area contributed by atoms with Crippen LogP contribution in [0.4, 0.5) is 5.69 Å². The van der Waals surface area contributed by atoms with Gasteiger partial charge in [0.25, 0.3) is 0 Å². The van der Waals surface area contributed by atoms with Gasteiger partial charge in [-0.2, -0.15) is 0 Å². The third-order valence-corrected chi connectivity index (χ3v) is 6.58. The van der Waals surface area contributed by atoms with Crippen LogP contribution in [0.1, 0.15) is 12.2 Å². The van der Waals surface area contributed by atoms with Gasteiger partial charge in [-0.25, -0.2) is 25.9 Å². The van der Waals surface area contributed by atoms with Crippen LogP contribution in [0.25, 0.3) is 0 Å². The predicted molar refractivity (Wildman–Crippen MR) is 85.1 cm³/mol. The summed E-state index contributed by atoms with van der Waals surface area (Å²) >= 11 is 0. The van der Waals surface area contributed by atoms with Gasteiger partial charge in [0.1, 0.15) is 5.76 Å². The maximum absolute atomic E-state index is 12.2. The van der Waals surface area contributed by atoms with Crippen molar-refractivity contribution in [3.8, 4) is 0 Å². The van der Waals surface area contributed by atoms with Gasteiger partial charge in [-0.3, -0.25) is 4.79 Å². The molecule has 0 spiro atoms. The highest BCUT2D eigenvalue weighted by Crippen LogP contribution is 2.26. The minimum atomic E-state index is -3.78. The van der Waals surface area contributed by atoms with E-state index in [9.17, 15) is 21.6 Å². The quantitative estimate of drug-likeness (QED) is 0.834. The van der Waals surface area contributed by atoms with Crippen LogP contribution in [0, 0.1) is 0 Å². The monoisotopic (exact) mass is 370 g/mol. The number of benzene rings is 1.